The van der Waals surface area contributed by atoms with E-state index in [4.69, 9.17) is 5.10 Å². The quantitative estimate of drug-likeness (QED) is 0.900. The highest BCUT2D eigenvalue weighted by Crippen LogP contribution is 2.29. The lowest BCUT2D eigenvalue weighted by atomic mass is 9.98. The topological polar surface area (TPSA) is 29.9 Å². The van der Waals surface area contributed by atoms with Crippen molar-refractivity contribution < 1.29 is 0 Å². The first-order valence-corrected chi connectivity index (χ1v) is 8.27. The van der Waals surface area contributed by atoms with Gasteiger partial charge in [0.15, 0.2) is 0 Å². The highest BCUT2D eigenvalue weighted by Gasteiger charge is 2.17. The third-order valence-corrected chi connectivity index (χ3v) is 4.70. The molecule has 2 aliphatic rings. The average Bonchev–Trinajstić information content (AvgIpc) is 3.10. The van der Waals surface area contributed by atoms with Gasteiger partial charge < -0.3 is 5.32 Å². The molecule has 1 aromatic heterocycles. The van der Waals surface area contributed by atoms with Crippen molar-refractivity contribution in [3.8, 4) is 0 Å². The highest BCUT2D eigenvalue weighted by atomic mass is 15.3. The molecule has 1 unspecified atom stereocenters. The predicted octanol–water partition coefficient (Wildman–Crippen LogP) is 3.93. The maximum absolute atomic E-state index is 4.75. The second-order valence-corrected chi connectivity index (χ2v) is 6.50. The van der Waals surface area contributed by atoms with Crippen molar-refractivity contribution in [1.82, 2.24) is 15.1 Å². The van der Waals surface area contributed by atoms with Crippen molar-refractivity contribution >= 4 is 6.08 Å². The molecule has 0 bridgehead atoms. The van der Waals surface area contributed by atoms with Crippen molar-refractivity contribution in [2.75, 3.05) is 6.54 Å². The van der Waals surface area contributed by atoms with Crippen molar-refractivity contribution in [3.63, 3.8) is 0 Å². The van der Waals surface area contributed by atoms with E-state index in [1.807, 2.05) is 0 Å². The lowest BCUT2D eigenvalue weighted by Gasteiger charge is -2.23. The van der Waals surface area contributed by atoms with Crippen LogP contribution in [0.1, 0.15) is 70.0 Å². The molecule has 1 saturated carbocycles. The molecule has 3 rings (SSSR count). The van der Waals surface area contributed by atoms with Crippen LogP contribution in [0.5, 0.6) is 0 Å². The van der Waals surface area contributed by atoms with E-state index >= 15 is 0 Å². The van der Waals surface area contributed by atoms with Crippen LogP contribution in [0.15, 0.2) is 17.8 Å². The number of aromatic nitrogens is 2. The van der Waals surface area contributed by atoms with Gasteiger partial charge in [-0.2, -0.15) is 5.10 Å². The molecule has 2 heterocycles. The Morgan fingerprint density at radius 2 is 2.10 bits per heavy atom. The zero-order valence-corrected chi connectivity index (χ0v) is 12.6. The van der Waals surface area contributed by atoms with Gasteiger partial charge in [-0.1, -0.05) is 24.8 Å². The van der Waals surface area contributed by atoms with Gasteiger partial charge in [-0.05, 0) is 57.7 Å². The Bertz CT molecular complexity index is 449. The molecule has 3 nitrogen and oxygen atoms in total. The molecule has 1 aliphatic heterocycles. The number of rotatable bonds is 4. The molecule has 3 heteroatoms. The first kappa shape index (κ1) is 13.9. The molecule has 1 aliphatic carbocycles. The van der Waals surface area contributed by atoms with Crippen LogP contribution in [0.4, 0.5) is 0 Å². The first-order valence-electron chi connectivity index (χ1n) is 8.27. The molecular formula is C17H27N3. The molecule has 0 spiro atoms. The summed E-state index contributed by atoms with van der Waals surface area (Å²) < 4.78 is 2.19. The van der Waals surface area contributed by atoms with Crippen LogP contribution in [0.25, 0.3) is 6.08 Å². The monoisotopic (exact) mass is 273 g/mol. The van der Waals surface area contributed by atoms with E-state index in [2.05, 4.69) is 35.3 Å². The first-order chi connectivity index (χ1) is 9.81. The number of hydrogen-bond donors (Lipinski definition) is 1. The lowest BCUT2D eigenvalue weighted by Crippen LogP contribution is -2.33. The summed E-state index contributed by atoms with van der Waals surface area (Å²) in [6.45, 7) is 3.43. The fraction of sp³-hybridized carbons (Fsp3) is 0.706. The van der Waals surface area contributed by atoms with Gasteiger partial charge in [-0.25, -0.2) is 0 Å². The molecule has 0 radical (unpaired) electrons. The molecule has 1 atom stereocenters. The molecule has 0 amide bonds. The van der Waals surface area contributed by atoms with E-state index < -0.39 is 0 Å². The van der Waals surface area contributed by atoms with Crippen LogP contribution >= 0.6 is 0 Å². The molecule has 110 valence electrons. The molecule has 2 fully saturated rings. The maximum atomic E-state index is 4.75. The molecule has 20 heavy (non-hydrogen) atoms. The van der Waals surface area contributed by atoms with E-state index in [0.29, 0.717) is 12.1 Å². The van der Waals surface area contributed by atoms with Gasteiger partial charge in [0.1, 0.15) is 0 Å². The number of piperidine rings is 1. The Kier molecular flexibility index (Phi) is 4.56. The third-order valence-electron chi connectivity index (χ3n) is 4.70. The zero-order chi connectivity index (χ0) is 13.8. The van der Waals surface area contributed by atoms with Crippen LogP contribution in [-0.4, -0.2) is 22.4 Å². The largest absolute Gasteiger partial charge is 0.314 e. The normalized spacial score (nSPS) is 25.2. The van der Waals surface area contributed by atoms with Gasteiger partial charge in [-0.15, -0.1) is 0 Å². The summed E-state index contributed by atoms with van der Waals surface area (Å²) in [6, 6.07) is 3.49. The van der Waals surface area contributed by atoms with Crippen LogP contribution in [0.3, 0.4) is 0 Å². The van der Waals surface area contributed by atoms with Gasteiger partial charge in [0.05, 0.1) is 11.7 Å². The second kappa shape index (κ2) is 6.57. The predicted molar refractivity (Wildman–Crippen MR) is 83.6 cm³/mol. The molecular weight excluding hydrogens is 246 g/mol. The van der Waals surface area contributed by atoms with Crippen LogP contribution < -0.4 is 5.32 Å². The Morgan fingerprint density at radius 3 is 2.85 bits per heavy atom. The van der Waals surface area contributed by atoms with E-state index in [0.717, 1.165) is 12.1 Å². The zero-order valence-electron chi connectivity index (χ0n) is 12.6. The summed E-state index contributed by atoms with van der Waals surface area (Å²) in [6.07, 6.45) is 15.0. The van der Waals surface area contributed by atoms with Crippen molar-refractivity contribution in [1.29, 1.82) is 0 Å². The van der Waals surface area contributed by atoms with Crippen LogP contribution in [-0.2, 0) is 0 Å². The Balaban J connectivity index is 1.59. The summed E-state index contributed by atoms with van der Waals surface area (Å²) in [5.74, 6) is 0. The SMILES string of the molecule is C/C(=C/c1ccn(C2CCCC2)n1)CC1CCCCN1. The van der Waals surface area contributed by atoms with Crippen molar-refractivity contribution in [2.24, 2.45) is 0 Å². The van der Waals surface area contributed by atoms with Gasteiger partial charge in [0, 0.05) is 12.2 Å². The average molecular weight is 273 g/mol. The number of nitrogens with one attached hydrogen (secondary N) is 1. The summed E-state index contributed by atoms with van der Waals surface area (Å²) >= 11 is 0. The lowest BCUT2D eigenvalue weighted by molar-refractivity contribution is 0.399. The van der Waals surface area contributed by atoms with E-state index in [1.165, 1.54) is 57.1 Å². The van der Waals surface area contributed by atoms with Crippen molar-refractivity contribution in [3.05, 3.63) is 23.5 Å². The summed E-state index contributed by atoms with van der Waals surface area (Å²) in [7, 11) is 0. The summed E-state index contributed by atoms with van der Waals surface area (Å²) in [5, 5.41) is 8.36. The van der Waals surface area contributed by atoms with Crippen LogP contribution in [0.2, 0.25) is 0 Å². The Morgan fingerprint density at radius 1 is 1.30 bits per heavy atom. The minimum Gasteiger partial charge on any atom is -0.314 e. The molecule has 1 saturated heterocycles. The summed E-state index contributed by atoms with van der Waals surface area (Å²) in [4.78, 5) is 0. The van der Waals surface area contributed by atoms with Crippen molar-refractivity contribution in [2.45, 2.75) is 70.4 Å². The summed E-state index contributed by atoms with van der Waals surface area (Å²) in [5.41, 5.74) is 2.58. The second-order valence-electron chi connectivity index (χ2n) is 6.50. The van der Waals surface area contributed by atoms with Gasteiger partial charge >= 0.3 is 0 Å². The molecule has 0 aromatic carbocycles. The molecule has 1 N–H and O–H groups in total. The maximum Gasteiger partial charge on any atom is 0.0850 e. The number of nitrogens with zero attached hydrogens (tertiary/aromatic N) is 2. The van der Waals surface area contributed by atoms with E-state index in [1.54, 1.807) is 0 Å². The van der Waals surface area contributed by atoms with E-state index in [9.17, 15) is 0 Å². The fourth-order valence-corrected chi connectivity index (χ4v) is 3.60. The van der Waals surface area contributed by atoms with Gasteiger partial charge in [0.25, 0.3) is 0 Å². The molecule has 1 aromatic rings. The van der Waals surface area contributed by atoms with Gasteiger partial charge in [-0.3, -0.25) is 4.68 Å². The fourth-order valence-electron chi connectivity index (χ4n) is 3.60. The van der Waals surface area contributed by atoms with Crippen LogP contribution in [0, 0.1) is 0 Å². The minimum atomic E-state index is 0.650. The minimum absolute atomic E-state index is 0.650. The third kappa shape index (κ3) is 3.51. The van der Waals surface area contributed by atoms with Gasteiger partial charge in [0.2, 0.25) is 0 Å². The Hall–Kier alpha value is -1.09. The highest BCUT2D eigenvalue weighted by molar-refractivity contribution is 5.47. The smallest absolute Gasteiger partial charge is 0.0850 e. The number of hydrogen-bond acceptors (Lipinski definition) is 2. The van der Waals surface area contributed by atoms with E-state index in [-0.39, 0.29) is 0 Å². The standard InChI is InChI=1S/C17H27N3/c1-14(12-15-6-4-5-10-18-15)13-16-9-11-20(19-16)17-7-2-3-8-17/h9,11,13,15,17-18H,2-8,10,12H2,1H3/b14-13-. The Labute approximate surface area is 122 Å².